The van der Waals surface area contributed by atoms with Gasteiger partial charge in [-0.25, -0.2) is 0 Å². The summed E-state index contributed by atoms with van der Waals surface area (Å²) in [6, 6.07) is 0. The molecule has 0 aliphatic carbocycles. The van der Waals surface area contributed by atoms with E-state index < -0.39 is 13.0 Å². The molecule has 5 heteroatoms. The minimum atomic E-state index is -0.696. The Bertz CT molecular complexity index is 118. The lowest BCUT2D eigenvalue weighted by Crippen LogP contribution is -2.27. The molecule has 0 N–H and O–H groups in total. The fourth-order valence-corrected chi connectivity index (χ4v) is 0.905. The quantitative estimate of drug-likeness (QED) is 0.579. The molecule has 0 atom stereocenters. The van der Waals surface area contributed by atoms with E-state index in [0.717, 1.165) is 0 Å². The summed E-state index contributed by atoms with van der Waals surface area (Å²) in [5.41, 5.74) is 0. The summed E-state index contributed by atoms with van der Waals surface area (Å²) in [5, 5.41) is 0. The van der Waals surface area contributed by atoms with E-state index in [9.17, 15) is 0 Å². The van der Waals surface area contributed by atoms with Crippen LogP contribution in [0.15, 0.2) is 0 Å². The number of hydrogen-bond donors (Lipinski definition) is 0. The largest absolute Gasteiger partial charge is 0.330 e. The third kappa shape index (κ3) is 4.02. The van der Waals surface area contributed by atoms with E-state index in [0.29, 0.717) is 26.4 Å². The first-order chi connectivity index (χ1) is 6.36. The number of hydrogen-bond acceptors (Lipinski definition) is 5. The zero-order valence-electron chi connectivity index (χ0n) is 8.02. The molecule has 1 aliphatic heterocycles. The van der Waals surface area contributed by atoms with Gasteiger partial charge < -0.3 is 18.9 Å². The summed E-state index contributed by atoms with van der Waals surface area (Å²) >= 11 is 0. The van der Waals surface area contributed by atoms with Gasteiger partial charge in [-0.15, -0.1) is 0 Å². The Morgan fingerprint density at radius 1 is 1.15 bits per heavy atom. The van der Waals surface area contributed by atoms with E-state index in [1.807, 2.05) is 13.8 Å². The Kier molecular flexibility index (Phi) is 5.26. The molecule has 1 fully saturated rings. The summed E-state index contributed by atoms with van der Waals surface area (Å²) in [5.74, 6) is 0. The Morgan fingerprint density at radius 3 is 2.15 bits per heavy atom. The average molecular weight is 192 g/mol. The fraction of sp³-hybridized carbons (Fsp3) is 1.00. The normalized spacial score (nSPS) is 18.7. The second-order valence-electron chi connectivity index (χ2n) is 2.37. The maximum Gasteiger partial charge on any atom is 0.275 e. The van der Waals surface area contributed by atoms with Gasteiger partial charge in [0.2, 0.25) is 0 Å². The lowest BCUT2D eigenvalue weighted by Gasteiger charge is -2.19. The van der Waals surface area contributed by atoms with Crippen molar-refractivity contribution in [1.29, 1.82) is 0 Å². The summed E-state index contributed by atoms with van der Waals surface area (Å²) < 4.78 is 25.6. The highest BCUT2D eigenvalue weighted by molar-refractivity contribution is 4.39. The van der Waals surface area contributed by atoms with Gasteiger partial charge in [0.15, 0.2) is 0 Å². The number of rotatable bonds is 6. The molecule has 0 aromatic heterocycles. The molecule has 5 nitrogen and oxygen atoms in total. The van der Waals surface area contributed by atoms with Crippen molar-refractivity contribution in [2.75, 3.05) is 26.4 Å². The molecule has 0 bridgehead atoms. The van der Waals surface area contributed by atoms with Crippen molar-refractivity contribution < 1.29 is 23.7 Å². The van der Waals surface area contributed by atoms with E-state index in [2.05, 4.69) is 0 Å². The molecule has 0 amide bonds. The highest BCUT2D eigenvalue weighted by atomic mass is 16.9. The highest BCUT2D eigenvalue weighted by Crippen LogP contribution is 2.09. The van der Waals surface area contributed by atoms with Crippen molar-refractivity contribution in [2.24, 2.45) is 0 Å². The third-order valence-electron chi connectivity index (χ3n) is 1.42. The predicted octanol–water partition coefficient (Wildman–Crippen LogP) is 0.690. The van der Waals surface area contributed by atoms with Gasteiger partial charge in [-0.1, -0.05) is 0 Å². The van der Waals surface area contributed by atoms with Crippen molar-refractivity contribution in [1.82, 2.24) is 0 Å². The zero-order valence-corrected chi connectivity index (χ0v) is 8.02. The van der Waals surface area contributed by atoms with Crippen molar-refractivity contribution in [3.05, 3.63) is 0 Å². The Morgan fingerprint density at radius 2 is 1.69 bits per heavy atom. The van der Waals surface area contributed by atoms with Crippen molar-refractivity contribution in [3.63, 3.8) is 0 Å². The molecule has 0 spiro atoms. The van der Waals surface area contributed by atoms with E-state index in [4.69, 9.17) is 23.7 Å². The molecule has 0 unspecified atom stereocenters. The van der Waals surface area contributed by atoms with Crippen LogP contribution in [0.4, 0.5) is 0 Å². The van der Waals surface area contributed by atoms with Crippen LogP contribution in [0, 0.1) is 0 Å². The average Bonchev–Trinajstić information content (AvgIpc) is 2.58. The van der Waals surface area contributed by atoms with Crippen LogP contribution < -0.4 is 0 Å². The van der Waals surface area contributed by atoms with Crippen LogP contribution in [0.5, 0.6) is 0 Å². The molecule has 0 aromatic rings. The van der Waals surface area contributed by atoms with Gasteiger partial charge in [0.05, 0.1) is 13.2 Å². The topological polar surface area (TPSA) is 46.2 Å². The second kappa shape index (κ2) is 6.28. The Labute approximate surface area is 77.9 Å². The number of ether oxygens (including phenoxy) is 5. The van der Waals surface area contributed by atoms with Gasteiger partial charge in [-0.3, -0.25) is 4.74 Å². The van der Waals surface area contributed by atoms with Crippen LogP contribution in [0.1, 0.15) is 13.8 Å². The van der Waals surface area contributed by atoms with E-state index >= 15 is 0 Å². The van der Waals surface area contributed by atoms with Crippen LogP contribution in [-0.2, 0) is 23.7 Å². The molecule has 0 radical (unpaired) electrons. The summed E-state index contributed by atoms with van der Waals surface area (Å²) in [7, 11) is 0. The molecule has 1 saturated heterocycles. The molecule has 1 heterocycles. The van der Waals surface area contributed by atoms with Crippen LogP contribution in [-0.4, -0.2) is 39.4 Å². The Balaban J connectivity index is 2.19. The first-order valence-electron chi connectivity index (χ1n) is 4.48. The second-order valence-corrected chi connectivity index (χ2v) is 2.37. The molecular weight excluding hydrogens is 176 g/mol. The zero-order chi connectivity index (χ0) is 9.52. The van der Waals surface area contributed by atoms with E-state index in [1.54, 1.807) is 0 Å². The van der Waals surface area contributed by atoms with Gasteiger partial charge in [-0.05, 0) is 13.8 Å². The molecule has 78 valence electrons. The van der Waals surface area contributed by atoms with Gasteiger partial charge in [0.1, 0.15) is 0 Å². The molecule has 1 rings (SSSR count). The highest BCUT2D eigenvalue weighted by Gasteiger charge is 2.22. The minimum absolute atomic E-state index is 0.525. The SMILES string of the molecule is CCOC(OCC)OC1OCCO1. The summed E-state index contributed by atoms with van der Waals surface area (Å²) in [4.78, 5) is 0. The van der Waals surface area contributed by atoms with Crippen molar-refractivity contribution in [3.8, 4) is 0 Å². The van der Waals surface area contributed by atoms with Gasteiger partial charge in [0, 0.05) is 13.2 Å². The molecule has 1 aliphatic rings. The van der Waals surface area contributed by atoms with Crippen LogP contribution in [0.2, 0.25) is 0 Å². The lowest BCUT2D eigenvalue weighted by atomic mass is 10.8. The Hall–Kier alpha value is -0.200. The fourth-order valence-electron chi connectivity index (χ4n) is 0.905. The minimum Gasteiger partial charge on any atom is -0.330 e. The monoisotopic (exact) mass is 192 g/mol. The molecule has 0 saturated carbocycles. The van der Waals surface area contributed by atoms with Gasteiger partial charge >= 0.3 is 0 Å². The smallest absolute Gasteiger partial charge is 0.275 e. The third-order valence-corrected chi connectivity index (χ3v) is 1.42. The molecule has 0 aromatic carbocycles. The van der Waals surface area contributed by atoms with E-state index in [-0.39, 0.29) is 0 Å². The first kappa shape index (κ1) is 10.9. The van der Waals surface area contributed by atoms with Crippen LogP contribution >= 0.6 is 0 Å². The molecule has 13 heavy (non-hydrogen) atoms. The van der Waals surface area contributed by atoms with Crippen molar-refractivity contribution >= 4 is 0 Å². The van der Waals surface area contributed by atoms with Crippen molar-refractivity contribution in [2.45, 2.75) is 26.8 Å². The van der Waals surface area contributed by atoms with E-state index in [1.165, 1.54) is 0 Å². The predicted molar refractivity (Wildman–Crippen MR) is 43.8 cm³/mol. The van der Waals surface area contributed by atoms with Gasteiger partial charge in [-0.2, -0.15) is 0 Å². The maximum atomic E-state index is 5.20. The first-order valence-corrected chi connectivity index (χ1v) is 4.48. The van der Waals surface area contributed by atoms with Gasteiger partial charge in [0.25, 0.3) is 13.0 Å². The lowest BCUT2D eigenvalue weighted by molar-refractivity contribution is -0.373. The molecular formula is C8H16O5. The maximum absolute atomic E-state index is 5.20. The summed E-state index contributed by atoms with van der Waals surface area (Å²) in [6.07, 6.45) is 0. The van der Waals surface area contributed by atoms with Crippen LogP contribution in [0.3, 0.4) is 0 Å². The van der Waals surface area contributed by atoms with Crippen LogP contribution in [0.25, 0.3) is 0 Å². The summed E-state index contributed by atoms with van der Waals surface area (Å²) in [6.45, 7) is 4.54. The standard InChI is InChI=1S/C8H16O5/c1-3-9-7(10-4-2)13-8-11-5-6-12-8/h7-8H,3-6H2,1-2H3.